The van der Waals surface area contributed by atoms with E-state index in [2.05, 4.69) is 5.32 Å². The molecule has 0 radical (unpaired) electrons. The molecule has 2 rings (SSSR count). The number of nitrogens with one attached hydrogen (secondary N) is 1. The van der Waals surface area contributed by atoms with Gasteiger partial charge in [-0.1, -0.05) is 18.5 Å². The van der Waals surface area contributed by atoms with Gasteiger partial charge in [0.25, 0.3) is 5.91 Å². The van der Waals surface area contributed by atoms with E-state index >= 15 is 0 Å². The van der Waals surface area contributed by atoms with E-state index in [0.29, 0.717) is 41.0 Å². The molecule has 0 aliphatic rings. The number of rotatable bonds is 8. The fraction of sp³-hybridized carbons (Fsp3) is 0.238. The predicted octanol–water partition coefficient (Wildman–Crippen LogP) is 5.07. The Labute approximate surface area is 164 Å². The highest BCUT2D eigenvalue weighted by molar-refractivity contribution is 6.30. The van der Waals surface area contributed by atoms with Crippen LogP contribution in [-0.4, -0.2) is 19.1 Å². The molecule has 0 fully saturated rings. The van der Waals surface area contributed by atoms with Gasteiger partial charge in [0, 0.05) is 16.3 Å². The van der Waals surface area contributed by atoms with Crippen molar-refractivity contribution < 1.29 is 14.3 Å². The number of hydrogen-bond donors (Lipinski definition) is 1. The fourth-order valence-corrected chi connectivity index (χ4v) is 2.46. The van der Waals surface area contributed by atoms with Crippen LogP contribution in [0, 0.1) is 11.3 Å². The Kier molecular flexibility index (Phi) is 7.72. The van der Waals surface area contributed by atoms with Crippen molar-refractivity contribution in [2.24, 2.45) is 0 Å². The largest absolute Gasteiger partial charge is 0.494 e. The normalized spacial score (nSPS) is 10.8. The maximum Gasteiger partial charge on any atom is 0.266 e. The first kappa shape index (κ1) is 20.3. The molecule has 5 nitrogen and oxygen atoms in total. The van der Waals surface area contributed by atoms with Gasteiger partial charge in [0.1, 0.15) is 23.1 Å². The smallest absolute Gasteiger partial charge is 0.266 e. The topological polar surface area (TPSA) is 71.3 Å². The molecular formula is C21H21ClN2O3. The van der Waals surface area contributed by atoms with Crippen LogP contribution in [0.5, 0.6) is 11.5 Å². The van der Waals surface area contributed by atoms with Crippen LogP contribution >= 0.6 is 11.6 Å². The van der Waals surface area contributed by atoms with E-state index in [1.807, 2.05) is 19.9 Å². The molecule has 0 heterocycles. The molecule has 0 atom stereocenters. The average molecular weight is 385 g/mol. The van der Waals surface area contributed by atoms with Crippen molar-refractivity contribution in [3.8, 4) is 17.6 Å². The third-order valence-corrected chi connectivity index (χ3v) is 3.76. The first-order chi connectivity index (χ1) is 13.1. The molecule has 6 heteroatoms. The van der Waals surface area contributed by atoms with E-state index < -0.39 is 5.91 Å². The zero-order valence-electron chi connectivity index (χ0n) is 15.3. The Morgan fingerprint density at radius 1 is 1.19 bits per heavy atom. The highest BCUT2D eigenvalue weighted by atomic mass is 35.5. The molecule has 2 aromatic carbocycles. The van der Waals surface area contributed by atoms with E-state index in [1.54, 1.807) is 42.5 Å². The monoisotopic (exact) mass is 384 g/mol. The van der Waals surface area contributed by atoms with Crippen LogP contribution in [0.4, 0.5) is 5.69 Å². The van der Waals surface area contributed by atoms with Crippen LogP contribution in [0.2, 0.25) is 5.02 Å². The highest BCUT2D eigenvalue weighted by Crippen LogP contribution is 2.26. The van der Waals surface area contributed by atoms with Crippen LogP contribution in [0.25, 0.3) is 6.08 Å². The van der Waals surface area contributed by atoms with Crippen LogP contribution in [0.3, 0.4) is 0 Å². The first-order valence-corrected chi connectivity index (χ1v) is 9.03. The Morgan fingerprint density at radius 2 is 1.93 bits per heavy atom. The standard InChI is InChI=1S/C21H21ClN2O3/c1-3-11-27-20-10-5-17(22)13-15(20)12-16(14-23)21(25)24-18-6-8-19(9-7-18)26-4-2/h5-10,12-13H,3-4,11H2,1-2H3,(H,24,25)/b16-12+. The number of anilines is 1. The molecule has 0 unspecified atom stereocenters. The lowest BCUT2D eigenvalue weighted by molar-refractivity contribution is -0.112. The second-order valence-electron chi connectivity index (χ2n) is 5.61. The number of carbonyl (C=O) groups is 1. The minimum Gasteiger partial charge on any atom is -0.494 e. The molecule has 1 amide bonds. The number of hydrogen-bond acceptors (Lipinski definition) is 4. The molecule has 0 aliphatic heterocycles. The van der Waals surface area contributed by atoms with Crippen LogP contribution in [-0.2, 0) is 4.79 Å². The lowest BCUT2D eigenvalue weighted by Crippen LogP contribution is -2.13. The predicted molar refractivity (Wildman–Crippen MR) is 107 cm³/mol. The van der Waals surface area contributed by atoms with Gasteiger partial charge in [-0.3, -0.25) is 4.79 Å². The minimum absolute atomic E-state index is 0.0486. The summed E-state index contributed by atoms with van der Waals surface area (Å²) in [5, 5.41) is 12.6. The van der Waals surface area contributed by atoms with Gasteiger partial charge in [0.15, 0.2) is 0 Å². The van der Waals surface area contributed by atoms with E-state index in [-0.39, 0.29) is 5.57 Å². The van der Waals surface area contributed by atoms with E-state index in [4.69, 9.17) is 21.1 Å². The second kappa shape index (κ2) is 10.2. The van der Waals surface area contributed by atoms with Gasteiger partial charge in [-0.15, -0.1) is 0 Å². The zero-order valence-corrected chi connectivity index (χ0v) is 16.0. The average Bonchev–Trinajstić information content (AvgIpc) is 2.67. The summed E-state index contributed by atoms with van der Waals surface area (Å²) in [6, 6.07) is 14.0. The van der Waals surface area contributed by atoms with Gasteiger partial charge in [-0.25, -0.2) is 0 Å². The molecule has 0 aromatic heterocycles. The van der Waals surface area contributed by atoms with Crippen LogP contribution in [0.15, 0.2) is 48.0 Å². The molecular weight excluding hydrogens is 364 g/mol. The summed E-state index contributed by atoms with van der Waals surface area (Å²) in [6.45, 7) is 4.99. The summed E-state index contributed by atoms with van der Waals surface area (Å²) in [4.78, 5) is 12.5. The quantitative estimate of drug-likeness (QED) is 0.509. The van der Waals surface area contributed by atoms with E-state index in [9.17, 15) is 10.1 Å². The van der Waals surface area contributed by atoms with Gasteiger partial charge in [0.05, 0.1) is 13.2 Å². The Hall–Kier alpha value is -2.97. The molecule has 0 saturated carbocycles. The maximum atomic E-state index is 12.5. The third-order valence-electron chi connectivity index (χ3n) is 3.52. The number of nitriles is 1. The Balaban J connectivity index is 2.21. The maximum absolute atomic E-state index is 12.5. The van der Waals surface area contributed by atoms with E-state index in [1.165, 1.54) is 6.08 Å². The van der Waals surface area contributed by atoms with Crippen molar-refractivity contribution in [1.29, 1.82) is 5.26 Å². The summed E-state index contributed by atoms with van der Waals surface area (Å²) >= 11 is 6.05. The summed E-state index contributed by atoms with van der Waals surface area (Å²) in [6.07, 6.45) is 2.32. The van der Waals surface area contributed by atoms with Crippen molar-refractivity contribution in [3.05, 3.63) is 58.6 Å². The number of ether oxygens (including phenoxy) is 2. The Morgan fingerprint density at radius 3 is 2.56 bits per heavy atom. The fourth-order valence-electron chi connectivity index (χ4n) is 2.28. The first-order valence-electron chi connectivity index (χ1n) is 8.65. The van der Waals surface area contributed by atoms with Gasteiger partial charge in [-0.2, -0.15) is 5.26 Å². The van der Waals surface area contributed by atoms with Gasteiger partial charge in [0.2, 0.25) is 0 Å². The molecule has 0 bridgehead atoms. The van der Waals surface area contributed by atoms with Crippen molar-refractivity contribution in [2.75, 3.05) is 18.5 Å². The van der Waals surface area contributed by atoms with Crippen LogP contribution < -0.4 is 14.8 Å². The highest BCUT2D eigenvalue weighted by Gasteiger charge is 2.12. The number of halogens is 1. The summed E-state index contributed by atoms with van der Waals surface area (Å²) in [5.41, 5.74) is 1.10. The summed E-state index contributed by atoms with van der Waals surface area (Å²) in [5.74, 6) is 0.772. The summed E-state index contributed by atoms with van der Waals surface area (Å²) < 4.78 is 11.0. The minimum atomic E-state index is -0.511. The number of nitrogens with zero attached hydrogens (tertiary/aromatic N) is 1. The lowest BCUT2D eigenvalue weighted by atomic mass is 10.1. The summed E-state index contributed by atoms with van der Waals surface area (Å²) in [7, 11) is 0. The molecule has 2 aromatic rings. The number of amides is 1. The van der Waals surface area contributed by atoms with Gasteiger partial charge in [-0.05, 0) is 61.9 Å². The van der Waals surface area contributed by atoms with Crippen molar-refractivity contribution in [2.45, 2.75) is 20.3 Å². The molecule has 0 saturated heterocycles. The zero-order chi connectivity index (χ0) is 19.6. The lowest BCUT2D eigenvalue weighted by Gasteiger charge is -2.10. The van der Waals surface area contributed by atoms with Crippen LogP contribution in [0.1, 0.15) is 25.8 Å². The molecule has 140 valence electrons. The van der Waals surface area contributed by atoms with E-state index in [0.717, 1.165) is 6.42 Å². The number of carbonyl (C=O) groups excluding carboxylic acids is 1. The third kappa shape index (κ3) is 6.05. The Bertz CT molecular complexity index is 855. The van der Waals surface area contributed by atoms with Crippen molar-refractivity contribution in [3.63, 3.8) is 0 Å². The number of benzene rings is 2. The second-order valence-corrected chi connectivity index (χ2v) is 6.05. The molecule has 27 heavy (non-hydrogen) atoms. The van der Waals surface area contributed by atoms with Crippen molar-refractivity contribution in [1.82, 2.24) is 0 Å². The van der Waals surface area contributed by atoms with Gasteiger partial charge < -0.3 is 14.8 Å². The SMILES string of the molecule is CCCOc1ccc(Cl)cc1/C=C(\C#N)C(=O)Nc1ccc(OCC)cc1. The van der Waals surface area contributed by atoms with Gasteiger partial charge >= 0.3 is 0 Å². The molecule has 0 aliphatic carbocycles. The molecule has 1 N–H and O–H groups in total. The molecule has 0 spiro atoms. The van der Waals surface area contributed by atoms with Crippen molar-refractivity contribution >= 4 is 29.3 Å².